The first-order valence-corrected chi connectivity index (χ1v) is 8.05. The van der Waals surface area contributed by atoms with E-state index >= 15 is 0 Å². The Balaban J connectivity index is 1.86. The summed E-state index contributed by atoms with van der Waals surface area (Å²) in [6.45, 7) is 0.666. The summed E-state index contributed by atoms with van der Waals surface area (Å²) < 4.78 is 43.2. The third-order valence-corrected chi connectivity index (χ3v) is 4.16. The highest BCUT2D eigenvalue weighted by molar-refractivity contribution is 5.77. The highest BCUT2D eigenvalue weighted by Crippen LogP contribution is 2.31. The number of ether oxygens (including phenoxy) is 1. The van der Waals surface area contributed by atoms with Crippen LogP contribution in [0.5, 0.6) is 5.75 Å². The number of carboxylic acid groups (broad SMARTS) is 1. The minimum Gasteiger partial charge on any atom is -0.484 e. The fraction of sp³-hybridized carbons (Fsp3) is 0.529. The maximum absolute atomic E-state index is 12.7. The number of piperidine rings is 1. The Kier molecular flexibility index (Phi) is 6.27. The van der Waals surface area contributed by atoms with Crippen molar-refractivity contribution >= 4 is 11.9 Å². The number of likely N-dealkylation sites (tertiary alicyclic amines) is 1. The van der Waals surface area contributed by atoms with Crippen molar-refractivity contribution in [2.24, 2.45) is 5.92 Å². The summed E-state index contributed by atoms with van der Waals surface area (Å²) in [6.07, 6.45) is -2.25. The molecule has 1 aliphatic heterocycles. The molecule has 1 amide bonds. The van der Waals surface area contributed by atoms with Crippen LogP contribution < -0.4 is 4.74 Å². The number of carboxylic acids is 1. The molecule has 0 saturated carbocycles. The van der Waals surface area contributed by atoms with Crippen molar-refractivity contribution in [1.82, 2.24) is 4.90 Å². The van der Waals surface area contributed by atoms with Gasteiger partial charge in [0.1, 0.15) is 5.75 Å². The monoisotopic (exact) mass is 359 g/mol. The van der Waals surface area contributed by atoms with Crippen LogP contribution in [0.3, 0.4) is 0 Å². The van der Waals surface area contributed by atoms with Crippen LogP contribution >= 0.6 is 0 Å². The summed E-state index contributed by atoms with van der Waals surface area (Å²) in [6, 6.07) is 4.39. The number of carbonyl (C=O) groups is 2. The van der Waals surface area contributed by atoms with E-state index < -0.39 is 17.7 Å². The molecule has 1 aromatic carbocycles. The fourth-order valence-electron chi connectivity index (χ4n) is 2.85. The van der Waals surface area contributed by atoms with Gasteiger partial charge in [0.05, 0.1) is 5.56 Å². The van der Waals surface area contributed by atoms with Gasteiger partial charge in [-0.1, -0.05) is 6.07 Å². The number of nitrogens with zero attached hydrogens (tertiary/aromatic N) is 1. The van der Waals surface area contributed by atoms with Crippen LogP contribution in [0, 0.1) is 5.92 Å². The second-order valence-corrected chi connectivity index (χ2v) is 6.09. The number of amides is 1. The van der Waals surface area contributed by atoms with Crippen LogP contribution in [-0.2, 0) is 15.8 Å². The van der Waals surface area contributed by atoms with Crippen molar-refractivity contribution in [3.8, 4) is 5.75 Å². The van der Waals surface area contributed by atoms with Gasteiger partial charge in [-0.15, -0.1) is 0 Å². The highest BCUT2D eigenvalue weighted by atomic mass is 19.4. The Morgan fingerprint density at radius 3 is 2.76 bits per heavy atom. The number of rotatable bonds is 6. The number of hydrogen-bond acceptors (Lipinski definition) is 3. The van der Waals surface area contributed by atoms with E-state index in [0.29, 0.717) is 19.5 Å². The molecule has 5 nitrogen and oxygen atoms in total. The molecule has 25 heavy (non-hydrogen) atoms. The molecule has 1 fully saturated rings. The Bertz CT molecular complexity index is 618. The first-order valence-electron chi connectivity index (χ1n) is 8.05. The van der Waals surface area contributed by atoms with Crippen molar-refractivity contribution in [1.29, 1.82) is 0 Å². The molecule has 0 radical (unpaired) electrons. The minimum atomic E-state index is -4.46. The lowest BCUT2D eigenvalue weighted by Crippen LogP contribution is -2.42. The second kappa shape index (κ2) is 8.22. The van der Waals surface area contributed by atoms with E-state index in [-0.39, 0.29) is 30.6 Å². The van der Waals surface area contributed by atoms with Gasteiger partial charge in [0.15, 0.2) is 6.61 Å². The van der Waals surface area contributed by atoms with Crippen LogP contribution in [0.4, 0.5) is 13.2 Å². The Morgan fingerprint density at radius 1 is 1.32 bits per heavy atom. The Morgan fingerprint density at radius 2 is 2.08 bits per heavy atom. The molecule has 1 heterocycles. The third kappa shape index (κ3) is 5.95. The summed E-state index contributed by atoms with van der Waals surface area (Å²) in [5.74, 6) is -1.06. The minimum absolute atomic E-state index is 0.0115. The van der Waals surface area contributed by atoms with Crippen LogP contribution in [0.15, 0.2) is 24.3 Å². The maximum atomic E-state index is 12.7. The first-order chi connectivity index (χ1) is 11.8. The van der Waals surface area contributed by atoms with E-state index in [1.165, 1.54) is 12.1 Å². The van der Waals surface area contributed by atoms with Crippen molar-refractivity contribution in [2.45, 2.75) is 31.9 Å². The van der Waals surface area contributed by atoms with E-state index in [9.17, 15) is 22.8 Å². The Labute approximate surface area is 143 Å². The van der Waals surface area contributed by atoms with E-state index in [1.807, 2.05) is 0 Å². The van der Waals surface area contributed by atoms with Crippen LogP contribution in [0.1, 0.15) is 31.2 Å². The number of carbonyl (C=O) groups excluding carboxylic acids is 1. The molecule has 1 aliphatic rings. The second-order valence-electron chi connectivity index (χ2n) is 6.09. The zero-order chi connectivity index (χ0) is 18.4. The SMILES string of the molecule is O=C(O)CCC1CCCN(C(=O)COc2cccc(C(F)(F)F)c2)C1. The van der Waals surface area contributed by atoms with Gasteiger partial charge >= 0.3 is 12.1 Å². The number of alkyl halides is 3. The summed E-state index contributed by atoms with van der Waals surface area (Å²) >= 11 is 0. The molecule has 1 saturated heterocycles. The van der Waals surface area contributed by atoms with Crippen LogP contribution in [0.2, 0.25) is 0 Å². The summed E-state index contributed by atoms with van der Waals surface area (Å²) in [4.78, 5) is 24.4. The molecule has 0 spiro atoms. The molecule has 8 heteroatoms. The van der Waals surface area contributed by atoms with Crippen molar-refractivity contribution < 1.29 is 32.6 Å². The summed E-state index contributed by atoms with van der Waals surface area (Å²) in [5, 5.41) is 8.73. The topological polar surface area (TPSA) is 66.8 Å². The molecule has 0 bridgehead atoms. The average molecular weight is 359 g/mol. The molecule has 1 unspecified atom stereocenters. The van der Waals surface area contributed by atoms with Crippen LogP contribution in [-0.4, -0.2) is 41.6 Å². The molecule has 1 aromatic rings. The molecule has 0 aliphatic carbocycles. The van der Waals surface area contributed by atoms with Gasteiger partial charge in [-0.2, -0.15) is 13.2 Å². The maximum Gasteiger partial charge on any atom is 0.416 e. The molecule has 0 aromatic heterocycles. The normalized spacial score (nSPS) is 18.0. The number of halogens is 3. The predicted octanol–water partition coefficient (Wildman–Crippen LogP) is 3.19. The molecule has 1 N–H and O–H groups in total. The summed E-state index contributed by atoms with van der Waals surface area (Å²) in [5.41, 5.74) is -0.829. The quantitative estimate of drug-likeness (QED) is 0.847. The average Bonchev–Trinajstić information content (AvgIpc) is 2.57. The lowest BCUT2D eigenvalue weighted by molar-refractivity contribution is -0.138. The van der Waals surface area contributed by atoms with Crippen LogP contribution in [0.25, 0.3) is 0 Å². The lowest BCUT2D eigenvalue weighted by Gasteiger charge is -2.32. The summed E-state index contributed by atoms with van der Waals surface area (Å²) in [7, 11) is 0. The smallest absolute Gasteiger partial charge is 0.416 e. The molecule has 1 atom stereocenters. The van der Waals surface area contributed by atoms with E-state index in [0.717, 1.165) is 25.0 Å². The third-order valence-electron chi connectivity index (χ3n) is 4.16. The molecule has 2 rings (SSSR count). The number of aliphatic carboxylic acids is 1. The highest BCUT2D eigenvalue weighted by Gasteiger charge is 2.30. The lowest BCUT2D eigenvalue weighted by atomic mass is 9.93. The molecule has 138 valence electrons. The zero-order valence-electron chi connectivity index (χ0n) is 13.6. The van der Waals surface area contributed by atoms with Gasteiger partial charge in [-0.3, -0.25) is 9.59 Å². The van der Waals surface area contributed by atoms with E-state index in [4.69, 9.17) is 9.84 Å². The van der Waals surface area contributed by atoms with Crippen molar-refractivity contribution in [3.05, 3.63) is 29.8 Å². The van der Waals surface area contributed by atoms with Gasteiger partial charge in [-0.05, 0) is 43.4 Å². The number of benzene rings is 1. The fourth-order valence-corrected chi connectivity index (χ4v) is 2.85. The predicted molar refractivity (Wildman–Crippen MR) is 83.1 cm³/mol. The molecular weight excluding hydrogens is 339 g/mol. The van der Waals surface area contributed by atoms with Gasteiger partial charge in [0.25, 0.3) is 5.91 Å². The van der Waals surface area contributed by atoms with Crippen molar-refractivity contribution in [3.63, 3.8) is 0 Å². The van der Waals surface area contributed by atoms with Gasteiger partial charge < -0.3 is 14.7 Å². The largest absolute Gasteiger partial charge is 0.484 e. The van der Waals surface area contributed by atoms with Crippen molar-refractivity contribution in [2.75, 3.05) is 19.7 Å². The molecular formula is C17H20F3NO4. The Hall–Kier alpha value is -2.25. The van der Waals surface area contributed by atoms with Gasteiger partial charge in [0.2, 0.25) is 0 Å². The zero-order valence-corrected chi connectivity index (χ0v) is 13.6. The van der Waals surface area contributed by atoms with Gasteiger partial charge in [-0.25, -0.2) is 0 Å². The van der Waals surface area contributed by atoms with E-state index in [2.05, 4.69) is 0 Å². The number of hydrogen-bond donors (Lipinski definition) is 1. The standard InChI is InChI=1S/C17H20F3NO4/c18-17(19,20)13-4-1-5-14(9-13)25-11-15(22)21-8-2-3-12(10-21)6-7-16(23)24/h1,4-5,9,12H,2-3,6-8,10-11H2,(H,23,24). The van der Waals surface area contributed by atoms with E-state index in [1.54, 1.807) is 4.90 Å². The van der Waals surface area contributed by atoms with Gasteiger partial charge in [0, 0.05) is 19.5 Å². The first kappa shape index (κ1) is 19.1.